The van der Waals surface area contributed by atoms with Gasteiger partial charge >= 0.3 is 5.97 Å². The van der Waals surface area contributed by atoms with Gasteiger partial charge in [-0.25, -0.2) is 0 Å². The summed E-state index contributed by atoms with van der Waals surface area (Å²) >= 11 is 0. The van der Waals surface area contributed by atoms with Crippen molar-refractivity contribution < 1.29 is 19.4 Å². The zero-order chi connectivity index (χ0) is 15.1. The lowest BCUT2D eigenvalue weighted by molar-refractivity contribution is -0.138. The van der Waals surface area contributed by atoms with Crippen LogP contribution in [0.5, 0.6) is 5.75 Å². The minimum Gasteiger partial charge on any atom is -0.494 e. The molecule has 110 valence electrons. The third-order valence-electron chi connectivity index (χ3n) is 2.74. The summed E-state index contributed by atoms with van der Waals surface area (Å²) in [5.41, 5.74) is 0.438. The van der Waals surface area contributed by atoms with E-state index in [1.807, 2.05) is 6.92 Å². The number of benzene rings is 1. The van der Waals surface area contributed by atoms with Crippen molar-refractivity contribution in [3.05, 3.63) is 29.8 Å². The molecule has 5 heteroatoms. The molecule has 1 aromatic rings. The second kappa shape index (κ2) is 7.53. The Morgan fingerprint density at radius 3 is 2.60 bits per heavy atom. The highest BCUT2D eigenvalue weighted by Crippen LogP contribution is 2.16. The van der Waals surface area contributed by atoms with Crippen LogP contribution in [0.2, 0.25) is 0 Å². The molecule has 0 spiro atoms. The van der Waals surface area contributed by atoms with Gasteiger partial charge in [0.05, 0.1) is 6.61 Å². The summed E-state index contributed by atoms with van der Waals surface area (Å²) in [6.45, 7) is 5.86. The zero-order valence-corrected chi connectivity index (χ0v) is 12.1. The fraction of sp³-hybridized carbons (Fsp3) is 0.467. The van der Waals surface area contributed by atoms with Crippen molar-refractivity contribution in [1.82, 2.24) is 4.90 Å². The average molecular weight is 279 g/mol. The molecule has 0 atom stereocenters. The van der Waals surface area contributed by atoms with E-state index in [0.29, 0.717) is 17.9 Å². The molecule has 0 radical (unpaired) electrons. The molecule has 1 amide bonds. The van der Waals surface area contributed by atoms with Crippen molar-refractivity contribution in [1.29, 1.82) is 0 Å². The van der Waals surface area contributed by atoms with Gasteiger partial charge in [-0.05, 0) is 38.5 Å². The fourth-order valence-corrected chi connectivity index (χ4v) is 1.74. The molecule has 0 unspecified atom stereocenters. The smallest absolute Gasteiger partial charge is 0.323 e. The number of aliphatic carboxylic acids is 1. The molecular weight excluding hydrogens is 258 g/mol. The Balaban J connectivity index is 2.91. The maximum absolute atomic E-state index is 12.4. The largest absolute Gasteiger partial charge is 0.494 e. The zero-order valence-electron chi connectivity index (χ0n) is 12.1. The summed E-state index contributed by atoms with van der Waals surface area (Å²) in [6.07, 6.45) is 0.884. The SMILES string of the molecule is CCCOc1cccc(C(=O)N(CC(=O)O)C(C)C)c1. The number of nitrogens with zero attached hydrogens (tertiary/aromatic N) is 1. The molecule has 0 saturated carbocycles. The van der Waals surface area contributed by atoms with E-state index in [-0.39, 0.29) is 18.5 Å². The third kappa shape index (κ3) is 4.57. The number of hydrogen-bond donors (Lipinski definition) is 1. The first kappa shape index (κ1) is 16.0. The Hall–Kier alpha value is -2.04. The molecule has 20 heavy (non-hydrogen) atoms. The van der Waals surface area contributed by atoms with Crippen molar-refractivity contribution in [2.75, 3.05) is 13.2 Å². The van der Waals surface area contributed by atoms with Gasteiger partial charge < -0.3 is 14.7 Å². The van der Waals surface area contributed by atoms with Gasteiger partial charge in [0.25, 0.3) is 5.91 Å². The summed E-state index contributed by atoms with van der Waals surface area (Å²) in [6, 6.07) is 6.65. The normalized spacial score (nSPS) is 10.4. The molecular formula is C15H21NO4. The number of carbonyl (C=O) groups is 2. The second-order valence-corrected chi connectivity index (χ2v) is 4.80. The van der Waals surface area contributed by atoms with Crippen LogP contribution >= 0.6 is 0 Å². The number of carboxylic acids is 1. The summed E-state index contributed by atoms with van der Waals surface area (Å²) in [7, 11) is 0. The van der Waals surface area contributed by atoms with Crippen LogP contribution in [0.4, 0.5) is 0 Å². The maximum Gasteiger partial charge on any atom is 0.323 e. The molecule has 0 aliphatic carbocycles. The monoisotopic (exact) mass is 279 g/mol. The van der Waals surface area contributed by atoms with Crippen LogP contribution < -0.4 is 4.74 Å². The second-order valence-electron chi connectivity index (χ2n) is 4.80. The molecule has 1 rings (SSSR count). The molecule has 5 nitrogen and oxygen atoms in total. The molecule has 0 fully saturated rings. The van der Waals surface area contributed by atoms with Crippen molar-refractivity contribution in [3.63, 3.8) is 0 Å². The minimum atomic E-state index is -1.02. The van der Waals surface area contributed by atoms with E-state index < -0.39 is 5.97 Å². The van der Waals surface area contributed by atoms with Gasteiger partial charge in [0.1, 0.15) is 12.3 Å². The van der Waals surface area contributed by atoms with E-state index >= 15 is 0 Å². The summed E-state index contributed by atoms with van der Waals surface area (Å²) in [5.74, 6) is -0.702. The molecule has 0 aliphatic heterocycles. The lowest BCUT2D eigenvalue weighted by atomic mass is 10.1. The van der Waals surface area contributed by atoms with Crippen LogP contribution in [-0.4, -0.2) is 41.1 Å². The predicted octanol–water partition coefficient (Wildman–Crippen LogP) is 2.41. The van der Waals surface area contributed by atoms with E-state index in [9.17, 15) is 9.59 Å². The highest BCUT2D eigenvalue weighted by molar-refractivity contribution is 5.96. The molecule has 0 aromatic heterocycles. The quantitative estimate of drug-likeness (QED) is 0.832. The first-order chi connectivity index (χ1) is 9.45. The first-order valence-corrected chi connectivity index (χ1v) is 6.71. The lowest BCUT2D eigenvalue weighted by Gasteiger charge is -2.25. The molecule has 1 aromatic carbocycles. The van der Waals surface area contributed by atoms with Crippen LogP contribution in [0.25, 0.3) is 0 Å². The summed E-state index contributed by atoms with van der Waals surface area (Å²) in [5, 5.41) is 8.88. The van der Waals surface area contributed by atoms with Crippen molar-refractivity contribution in [3.8, 4) is 5.75 Å². The predicted molar refractivity (Wildman–Crippen MR) is 76.0 cm³/mol. The topological polar surface area (TPSA) is 66.8 Å². The molecule has 0 aliphatic rings. The Kier molecular flexibility index (Phi) is 6.03. The first-order valence-electron chi connectivity index (χ1n) is 6.71. The van der Waals surface area contributed by atoms with Gasteiger partial charge in [-0.3, -0.25) is 9.59 Å². The fourth-order valence-electron chi connectivity index (χ4n) is 1.74. The van der Waals surface area contributed by atoms with E-state index in [2.05, 4.69) is 0 Å². The Morgan fingerprint density at radius 1 is 1.35 bits per heavy atom. The van der Waals surface area contributed by atoms with E-state index in [0.717, 1.165) is 6.42 Å². The number of carboxylic acid groups (broad SMARTS) is 1. The molecule has 0 heterocycles. The highest BCUT2D eigenvalue weighted by atomic mass is 16.5. The van der Waals surface area contributed by atoms with Gasteiger partial charge in [0.2, 0.25) is 0 Å². The van der Waals surface area contributed by atoms with E-state index in [1.54, 1.807) is 38.1 Å². The van der Waals surface area contributed by atoms with Crippen molar-refractivity contribution >= 4 is 11.9 Å². The third-order valence-corrected chi connectivity index (χ3v) is 2.74. The van der Waals surface area contributed by atoms with Crippen molar-refractivity contribution in [2.24, 2.45) is 0 Å². The van der Waals surface area contributed by atoms with Crippen LogP contribution in [0, 0.1) is 0 Å². The van der Waals surface area contributed by atoms with Crippen molar-refractivity contribution in [2.45, 2.75) is 33.2 Å². The van der Waals surface area contributed by atoms with Crippen LogP contribution in [-0.2, 0) is 4.79 Å². The van der Waals surface area contributed by atoms with E-state index in [1.165, 1.54) is 4.90 Å². The molecule has 1 N–H and O–H groups in total. The van der Waals surface area contributed by atoms with Crippen LogP contribution in [0.1, 0.15) is 37.6 Å². The molecule has 0 saturated heterocycles. The Bertz CT molecular complexity index is 471. The van der Waals surface area contributed by atoms with Gasteiger partial charge in [-0.2, -0.15) is 0 Å². The Morgan fingerprint density at radius 2 is 2.05 bits per heavy atom. The highest BCUT2D eigenvalue weighted by Gasteiger charge is 2.21. The van der Waals surface area contributed by atoms with Gasteiger partial charge in [0, 0.05) is 11.6 Å². The molecule has 0 bridgehead atoms. The minimum absolute atomic E-state index is 0.182. The summed E-state index contributed by atoms with van der Waals surface area (Å²) < 4.78 is 5.48. The van der Waals surface area contributed by atoms with Gasteiger partial charge in [0.15, 0.2) is 0 Å². The number of amides is 1. The average Bonchev–Trinajstić information content (AvgIpc) is 2.41. The lowest BCUT2D eigenvalue weighted by Crippen LogP contribution is -2.40. The number of ether oxygens (including phenoxy) is 1. The van der Waals surface area contributed by atoms with E-state index in [4.69, 9.17) is 9.84 Å². The maximum atomic E-state index is 12.4. The van der Waals surface area contributed by atoms with Crippen LogP contribution in [0.15, 0.2) is 24.3 Å². The number of hydrogen-bond acceptors (Lipinski definition) is 3. The van der Waals surface area contributed by atoms with Crippen LogP contribution in [0.3, 0.4) is 0 Å². The van der Waals surface area contributed by atoms with Gasteiger partial charge in [-0.1, -0.05) is 13.0 Å². The number of carbonyl (C=O) groups excluding carboxylic acids is 1. The number of rotatable bonds is 7. The summed E-state index contributed by atoms with van der Waals surface area (Å²) in [4.78, 5) is 24.5. The Labute approximate surface area is 119 Å². The van der Waals surface area contributed by atoms with Gasteiger partial charge in [-0.15, -0.1) is 0 Å². The standard InChI is InChI=1S/C15H21NO4/c1-4-8-20-13-7-5-6-12(9-13)15(19)16(11(2)3)10-14(17)18/h5-7,9,11H,4,8,10H2,1-3H3,(H,17,18).